The third-order valence-corrected chi connectivity index (χ3v) is 4.55. The number of rotatable bonds is 5. The second-order valence-corrected chi connectivity index (χ2v) is 6.41. The smallest absolute Gasteiger partial charge is 0.258 e. The Hall–Kier alpha value is -2.40. The summed E-state index contributed by atoms with van der Waals surface area (Å²) in [6.45, 7) is 4.68. The van der Waals surface area contributed by atoms with E-state index in [1.807, 2.05) is 18.2 Å². The summed E-state index contributed by atoms with van der Waals surface area (Å²) in [4.78, 5) is 14.9. The molecule has 2 aromatic rings. The van der Waals surface area contributed by atoms with Crippen LogP contribution < -0.4 is 10.1 Å². The Kier molecular flexibility index (Phi) is 5.34. The van der Waals surface area contributed by atoms with E-state index in [1.54, 1.807) is 26.2 Å². The molecule has 1 N–H and O–H groups in total. The van der Waals surface area contributed by atoms with Crippen LogP contribution in [-0.4, -0.2) is 31.0 Å². The lowest BCUT2D eigenvalue weighted by Gasteiger charge is -2.17. The van der Waals surface area contributed by atoms with E-state index in [2.05, 4.69) is 10.2 Å². The molecule has 0 bridgehead atoms. The molecule has 3 rings (SSSR count). The number of nitrogens with one attached hydrogen (secondary N) is 1. The van der Waals surface area contributed by atoms with Crippen molar-refractivity contribution in [1.29, 1.82) is 0 Å². The molecule has 0 spiro atoms. The zero-order valence-electron chi connectivity index (χ0n) is 14.6. The summed E-state index contributed by atoms with van der Waals surface area (Å²) < 4.78 is 19.5. The summed E-state index contributed by atoms with van der Waals surface area (Å²) in [7, 11) is 1.55. The van der Waals surface area contributed by atoms with Gasteiger partial charge in [-0.2, -0.15) is 0 Å². The van der Waals surface area contributed by atoms with Crippen LogP contribution in [0.4, 0.5) is 10.1 Å². The second-order valence-electron chi connectivity index (χ2n) is 6.41. The average molecular weight is 342 g/mol. The van der Waals surface area contributed by atoms with Crippen molar-refractivity contribution in [2.45, 2.75) is 26.3 Å². The molecule has 1 amide bonds. The lowest BCUT2D eigenvalue weighted by Crippen LogP contribution is -2.19. The molecule has 5 heteroatoms. The molecule has 0 unspecified atom stereocenters. The summed E-state index contributed by atoms with van der Waals surface area (Å²) in [6, 6.07) is 10.5. The third kappa shape index (κ3) is 3.99. The highest BCUT2D eigenvalue weighted by Crippen LogP contribution is 2.27. The van der Waals surface area contributed by atoms with Crippen LogP contribution in [0.5, 0.6) is 5.75 Å². The number of anilines is 1. The fourth-order valence-corrected chi connectivity index (χ4v) is 3.16. The Labute approximate surface area is 147 Å². The Morgan fingerprint density at radius 2 is 2.00 bits per heavy atom. The van der Waals surface area contributed by atoms with Crippen molar-refractivity contribution in [3.8, 4) is 5.75 Å². The highest BCUT2D eigenvalue weighted by atomic mass is 19.1. The number of nitrogens with zero attached hydrogens (tertiary/aromatic N) is 1. The number of benzene rings is 2. The van der Waals surface area contributed by atoms with E-state index < -0.39 is 11.7 Å². The molecule has 0 atom stereocenters. The summed E-state index contributed by atoms with van der Waals surface area (Å²) in [5, 5.41) is 2.79. The molecule has 132 valence electrons. The van der Waals surface area contributed by atoms with Gasteiger partial charge in [-0.05, 0) is 62.2 Å². The Morgan fingerprint density at radius 3 is 2.72 bits per heavy atom. The van der Waals surface area contributed by atoms with Gasteiger partial charge in [-0.25, -0.2) is 4.39 Å². The number of ether oxygens (including phenoxy) is 1. The number of hydrogen-bond donors (Lipinski definition) is 1. The van der Waals surface area contributed by atoms with E-state index in [-0.39, 0.29) is 5.56 Å². The molecule has 2 aromatic carbocycles. The molecule has 1 aliphatic rings. The average Bonchev–Trinajstić information content (AvgIpc) is 3.10. The highest BCUT2D eigenvalue weighted by molar-refractivity contribution is 6.05. The van der Waals surface area contributed by atoms with Crippen LogP contribution in [0, 0.1) is 12.7 Å². The predicted molar refractivity (Wildman–Crippen MR) is 96.6 cm³/mol. The van der Waals surface area contributed by atoms with Crippen molar-refractivity contribution in [2.24, 2.45) is 0 Å². The molecule has 0 aliphatic carbocycles. The fraction of sp³-hybridized carbons (Fsp3) is 0.350. The minimum Gasteiger partial charge on any atom is -0.495 e. The number of likely N-dealkylation sites (tertiary alicyclic amines) is 1. The number of carbonyl (C=O) groups is 1. The van der Waals surface area contributed by atoms with Gasteiger partial charge in [-0.1, -0.05) is 18.2 Å². The topological polar surface area (TPSA) is 41.6 Å². The molecule has 1 aliphatic heterocycles. The van der Waals surface area contributed by atoms with Crippen LogP contribution in [-0.2, 0) is 6.54 Å². The van der Waals surface area contributed by atoms with Crippen molar-refractivity contribution >= 4 is 11.6 Å². The number of halogens is 1. The van der Waals surface area contributed by atoms with Gasteiger partial charge >= 0.3 is 0 Å². The molecule has 1 fully saturated rings. The first-order valence-electron chi connectivity index (χ1n) is 8.54. The molecule has 1 heterocycles. The van der Waals surface area contributed by atoms with Gasteiger partial charge in [0.2, 0.25) is 0 Å². The van der Waals surface area contributed by atoms with Crippen LogP contribution in [0.2, 0.25) is 0 Å². The summed E-state index contributed by atoms with van der Waals surface area (Å²) in [5.41, 5.74) is 2.14. The lowest BCUT2D eigenvalue weighted by atomic mass is 10.1. The zero-order valence-corrected chi connectivity index (χ0v) is 14.6. The molecular formula is C20H23FN2O2. The maximum absolute atomic E-state index is 14.2. The van der Waals surface area contributed by atoms with E-state index in [0.717, 1.165) is 25.2 Å². The van der Waals surface area contributed by atoms with Gasteiger partial charge in [0.1, 0.15) is 11.6 Å². The highest BCUT2D eigenvalue weighted by Gasteiger charge is 2.17. The van der Waals surface area contributed by atoms with Crippen LogP contribution in [0.3, 0.4) is 0 Å². The van der Waals surface area contributed by atoms with Gasteiger partial charge in [0.25, 0.3) is 5.91 Å². The van der Waals surface area contributed by atoms with Gasteiger partial charge in [-0.3, -0.25) is 9.69 Å². The number of aryl methyl sites for hydroxylation is 1. The first kappa shape index (κ1) is 17.4. The van der Waals surface area contributed by atoms with Crippen molar-refractivity contribution in [3.05, 3.63) is 58.9 Å². The minimum absolute atomic E-state index is 0.0343. The predicted octanol–water partition coefficient (Wildman–Crippen LogP) is 3.99. The van der Waals surface area contributed by atoms with E-state index in [0.29, 0.717) is 17.0 Å². The van der Waals surface area contributed by atoms with Crippen molar-refractivity contribution < 1.29 is 13.9 Å². The maximum atomic E-state index is 14.2. The molecule has 1 saturated heterocycles. The quantitative estimate of drug-likeness (QED) is 0.893. The molecule has 0 saturated carbocycles. The molecule has 4 nitrogen and oxygen atoms in total. The maximum Gasteiger partial charge on any atom is 0.258 e. The van der Waals surface area contributed by atoms with Crippen LogP contribution >= 0.6 is 0 Å². The van der Waals surface area contributed by atoms with Crippen molar-refractivity contribution in [1.82, 2.24) is 4.90 Å². The molecule has 0 aromatic heterocycles. The summed E-state index contributed by atoms with van der Waals surface area (Å²) >= 11 is 0. The SMILES string of the molecule is COc1ccc(CN2CCCC2)cc1NC(=O)c1cccc(C)c1F. The van der Waals surface area contributed by atoms with E-state index in [1.165, 1.54) is 18.9 Å². The minimum atomic E-state index is -0.493. The van der Waals surface area contributed by atoms with E-state index in [9.17, 15) is 9.18 Å². The first-order chi connectivity index (χ1) is 12.1. The van der Waals surface area contributed by atoms with E-state index in [4.69, 9.17) is 4.74 Å². The Morgan fingerprint density at radius 1 is 1.24 bits per heavy atom. The van der Waals surface area contributed by atoms with Crippen LogP contribution in [0.1, 0.15) is 34.3 Å². The van der Waals surface area contributed by atoms with E-state index >= 15 is 0 Å². The van der Waals surface area contributed by atoms with Crippen LogP contribution in [0.15, 0.2) is 36.4 Å². The summed E-state index contributed by atoms with van der Waals surface area (Å²) in [6.07, 6.45) is 2.46. The van der Waals surface area contributed by atoms with Gasteiger partial charge in [0.15, 0.2) is 0 Å². The Bertz CT molecular complexity index is 770. The number of amides is 1. The molecule has 25 heavy (non-hydrogen) atoms. The van der Waals surface area contributed by atoms with Gasteiger partial charge in [-0.15, -0.1) is 0 Å². The number of methoxy groups -OCH3 is 1. The third-order valence-electron chi connectivity index (χ3n) is 4.55. The Balaban J connectivity index is 1.82. The lowest BCUT2D eigenvalue weighted by molar-refractivity contribution is 0.102. The monoisotopic (exact) mass is 342 g/mol. The van der Waals surface area contributed by atoms with Gasteiger partial charge in [0, 0.05) is 6.54 Å². The van der Waals surface area contributed by atoms with Gasteiger partial charge < -0.3 is 10.1 Å². The zero-order chi connectivity index (χ0) is 17.8. The largest absolute Gasteiger partial charge is 0.495 e. The first-order valence-corrected chi connectivity index (χ1v) is 8.54. The van der Waals surface area contributed by atoms with Gasteiger partial charge in [0.05, 0.1) is 18.4 Å². The summed E-state index contributed by atoms with van der Waals surface area (Å²) in [5.74, 6) is -0.406. The van der Waals surface area contributed by atoms with Crippen LogP contribution in [0.25, 0.3) is 0 Å². The normalized spacial score (nSPS) is 14.5. The van der Waals surface area contributed by atoms with Crippen molar-refractivity contribution in [2.75, 3.05) is 25.5 Å². The fourth-order valence-electron chi connectivity index (χ4n) is 3.16. The number of hydrogen-bond acceptors (Lipinski definition) is 3. The van der Waals surface area contributed by atoms with Crippen molar-refractivity contribution in [3.63, 3.8) is 0 Å². The second kappa shape index (κ2) is 7.66. The molecule has 0 radical (unpaired) electrons. The standard InChI is InChI=1S/C20H23FN2O2/c1-14-6-5-7-16(19(14)21)20(24)22-17-12-15(8-9-18(17)25-2)13-23-10-3-4-11-23/h5-9,12H,3-4,10-11,13H2,1-2H3,(H,22,24). The number of carbonyl (C=O) groups excluding carboxylic acids is 1. The molecular weight excluding hydrogens is 319 g/mol.